The Balaban J connectivity index is -0.00000512. The maximum absolute atomic E-state index is 12.1. The van der Waals surface area contributed by atoms with Gasteiger partial charge in [0.05, 0.1) is 25.6 Å². The normalized spacial score (nSPS) is 11.3. The van der Waals surface area contributed by atoms with Crippen LogP contribution in [0.4, 0.5) is 0 Å². The van der Waals surface area contributed by atoms with Crippen molar-refractivity contribution in [3.05, 3.63) is 0 Å². The van der Waals surface area contributed by atoms with E-state index in [9.17, 15) is 9.59 Å². The van der Waals surface area contributed by atoms with Crippen LogP contribution in [0.15, 0.2) is 0 Å². The van der Waals surface area contributed by atoms with Gasteiger partial charge in [0, 0.05) is 0 Å². The number of esters is 2. The van der Waals surface area contributed by atoms with Crippen molar-refractivity contribution in [1.82, 2.24) is 0 Å². The maximum atomic E-state index is 12.1. The molecule has 0 aliphatic carbocycles. The second-order valence-electron chi connectivity index (χ2n) is 9.86. The Labute approximate surface area is 262 Å². The summed E-state index contributed by atoms with van der Waals surface area (Å²) >= 11 is 0. The summed E-state index contributed by atoms with van der Waals surface area (Å²) in [5, 5.41) is 0. The summed E-state index contributed by atoms with van der Waals surface area (Å²) in [5.74, 6) is -0.982. The van der Waals surface area contributed by atoms with Crippen molar-refractivity contribution in [3.8, 4) is 0 Å². The van der Waals surface area contributed by atoms with Gasteiger partial charge in [0.15, 0.2) is 0 Å². The van der Waals surface area contributed by atoms with Gasteiger partial charge in [0.2, 0.25) is 0 Å². The predicted octanol–water partition coefficient (Wildman–Crippen LogP) is 7.64. The number of carbonyl (C=O) groups is 2. The zero-order valence-electron chi connectivity index (χ0n) is 22.5. The van der Waals surface area contributed by atoms with Crippen molar-refractivity contribution in [3.63, 3.8) is 0 Å². The Hall–Kier alpha value is 0.940. The summed E-state index contributed by atoms with van der Waals surface area (Å²) in [4.78, 5) is 24.0. The summed E-state index contributed by atoms with van der Waals surface area (Å²) in [5.41, 5.74) is 0. The number of ether oxygens (including phenoxy) is 2. The van der Waals surface area contributed by atoms with E-state index in [0.717, 1.165) is 25.7 Å². The van der Waals surface area contributed by atoms with Gasteiger partial charge in [-0.1, -0.05) is 136 Å². The average molecular weight is 517 g/mol. The first kappa shape index (κ1) is 40.4. The molecule has 6 heteroatoms. The van der Waals surface area contributed by atoms with E-state index in [4.69, 9.17) is 9.47 Å². The minimum atomic E-state index is -0.423. The molecule has 0 fully saturated rings. The van der Waals surface area contributed by atoms with E-state index in [1.807, 2.05) is 0 Å². The molecule has 0 saturated heterocycles. The third kappa shape index (κ3) is 31.1. The Morgan fingerprint density at radius 2 is 0.829 bits per heavy atom. The van der Waals surface area contributed by atoms with E-state index < -0.39 is 5.92 Å². The second-order valence-corrected chi connectivity index (χ2v) is 9.86. The molecule has 0 aromatic heterocycles. The van der Waals surface area contributed by atoms with Gasteiger partial charge >= 0.3 is 71.1 Å². The van der Waals surface area contributed by atoms with Crippen molar-refractivity contribution in [2.75, 3.05) is 13.2 Å². The number of rotatable bonds is 25. The minimum absolute atomic E-state index is 0. The number of hydrogen-bond donors (Lipinski definition) is 0. The second kappa shape index (κ2) is 33.0. The van der Waals surface area contributed by atoms with Gasteiger partial charge in [-0.05, 0) is 12.8 Å². The van der Waals surface area contributed by atoms with Crippen LogP contribution in [0.5, 0.6) is 0 Å². The van der Waals surface area contributed by atoms with E-state index in [2.05, 4.69) is 13.8 Å². The van der Waals surface area contributed by atoms with Crippen molar-refractivity contribution in [2.45, 2.75) is 156 Å². The topological polar surface area (TPSA) is 52.6 Å². The molecule has 0 aromatic carbocycles. The van der Waals surface area contributed by atoms with Crippen LogP contribution in [0.3, 0.4) is 0 Å². The molecule has 0 rings (SSSR count). The Morgan fingerprint density at radius 3 is 1.20 bits per heavy atom. The van der Waals surface area contributed by atoms with Gasteiger partial charge < -0.3 is 9.47 Å². The van der Waals surface area contributed by atoms with Gasteiger partial charge in [-0.2, -0.15) is 0 Å². The molecule has 0 saturated carbocycles. The molecule has 0 radical (unpaired) electrons. The Morgan fingerprint density at radius 1 is 0.514 bits per heavy atom. The zero-order chi connectivity index (χ0) is 24.4. The summed E-state index contributed by atoms with van der Waals surface area (Å²) in [6.45, 7) is 7.18. The van der Waals surface area contributed by atoms with Crippen LogP contribution >= 0.6 is 0 Å². The van der Waals surface area contributed by atoms with Gasteiger partial charge in [-0.3, -0.25) is 9.59 Å². The summed E-state index contributed by atoms with van der Waals surface area (Å²) in [7, 11) is 0. The summed E-state index contributed by atoms with van der Waals surface area (Å²) in [6, 6.07) is 0. The van der Waals surface area contributed by atoms with Gasteiger partial charge in [0.25, 0.3) is 0 Å². The molecule has 0 amide bonds. The molecule has 0 aliphatic heterocycles. The molecule has 35 heavy (non-hydrogen) atoms. The van der Waals surface area contributed by atoms with E-state index >= 15 is 0 Å². The molecule has 0 heterocycles. The first-order chi connectivity index (χ1) is 16.1. The summed E-state index contributed by atoms with van der Waals surface area (Å²) in [6.07, 6.45) is 25.3. The zero-order valence-corrected chi connectivity index (χ0v) is 22.5. The molecular formula is C29H58Na2O4. The van der Waals surface area contributed by atoms with E-state index in [-0.39, 0.29) is 77.5 Å². The third-order valence-corrected chi connectivity index (χ3v) is 6.38. The standard InChI is InChI=1S/C29H56O4.2Na.2H/c1-4-6-8-10-12-14-16-18-20-22-24-32-28(30)26-27(3)29(31)33-25-23-21-19-17-15-13-11-9-7-5-2;;;;/h27H,4-26H2,1-3H3;;;;. The van der Waals surface area contributed by atoms with Gasteiger partial charge in [0.1, 0.15) is 0 Å². The van der Waals surface area contributed by atoms with Crippen molar-refractivity contribution in [2.24, 2.45) is 5.92 Å². The van der Waals surface area contributed by atoms with Crippen LogP contribution in [0.1, 0.15) is 156 Å². The van der Waals surface area contributed by atoms with E-state index in [1.54, 1.807) is 6.92 Å². The van der Waals surface area contributed by atoms with Gasteiger partial charge in [-0.25, -0.2) is 0 Å². The quantitative estimate of drug-likeness (QED) is 0.0710. The molecule has 1 unspecified atom stereocenters. The SMILES string of the molecule is CCCCCCCCCCCCOC(=O)CC(C)C(=O)OCCCCCCCCCCCC.[NaH].[NaH]. The van der Waals surface area contributed by atoms with Crippen molar-refractivity contribution in [1.29, 1.82) is 0 Å². The van der Waals surface area contributed by atoms with Crippen LogP contribution in [-0.4, -0.2) is 84.3 Å². The fourth-order valence-corrected chi connectivity index (χ4v) is 4.07. The van der Waals surface area contributed by atoms with Crippen molar-refractivity contribution >= 4 is 71.1 Å². The molecule has 0 bridgehead atoms. The molecule has 0 spiro atoms. The third-order valence-electron chi connectivity index (χ3n) is 6.38. The number of hydrogen-bond acceptors (Lipinski definition) is 4. The monoisotopic (exact) mass is 516 g/mol. The molecule has 0 N–H and O–H groups in total. The molecule has 1 atom stereocenters. The van der Waals surface area contributed by atoms with Crippen LogP contribution in [-0.2, 0) is 19.1 Å². The molecule has 0 aliphatic rings. The summed E-state index contributed by atoms with van der Waals surface area (Å²) < 4.78 is 10.6. The average Bonchev–Trinajstić information content (AvgIpc) is 2.80. The van der Waals surface area contributed by atoms with Crippen LogP contribution in [0.2, 0.25) is 0 Å². The van der Waals surface area contributed by atoms with E-state index in [1.165, 1.54) is 103 Å². The number of carbonyl (C=O) groups excluding carboxylic acids is 2. The predicted molar refractivity (Wildman–Crippen MR) is 154 cm³/mol. The fraction of sp³-hybridized carbons (Fsp3) is 0.931. The molecule has 200 valence electrons. The molecular weight excluding hydrogens is 458 g/mol. The number of unbranched alkanes of at least 4 members (excludes halogenated alkanes) is 18. The Kier molecular flexibility index (Phi) is 38.1. The van der Waals surface area contributed by atoms with Crippen LogP contribution in [0, 0.1) is 5.92 Å². The first-order valence-corrected chi connectivity index (χ1v) is 14.4. The molecule has 0 aromatic rings. The Bertz CT molecular complexity index is 446. The van der Waals surface area contributed by atoms with E-state index in [0.29, 0.717) is 13.2 Å². The van der Waals surface area contributed by atoms with Crippen molar-refractivity contribution < 1.29 is 19.1 Å². The fourth-order valence-electron chi connectivity index (χ4n) is 4.07. The van der Waals surface area contributed by atoms with Crippen LogP contribution in [0.25, 0.3) is 0 Å². The van der Waals surface area contributed by atoms with Gasteiger partial charge in [-0.15, -0.1) is 0 Å². The van der Waals surface area contributed by atoms with Crippen LogP contribution < -0.4 is 0 Å². The first-order valence-electron chi connectivity index (χ1n) is 14.4. The molecule has 4 nitrogen and oxygen atoms in total.